The Hall–Kier alpha value is -1.40. The number of phenols is 1. The van der Waals surface area contributed by atoms with Gasteiger partial charge in [-0.2, -0.15) is 0 Å². The second-order valence-corrected chi connectivity index (χ2v) is 5.46. The minimum absolute atomic E-state index is 0. The monoisotopic (exact) mass is 318 g/mol. The van der Waals surface area contributed by atoms with Crippen molar-refractivity contribution in [2.45, 2.75) is 31.4 Å². The number of aromatic hydroxyl groups is 1. The number of nitrogens with zero attached hydrogens (tertiary/aromatic N) is 1. The topological polar surface area (TPSA) is 52.6 Å². The van der Waals surface area contributed by atoms with E-state index in [0.29, 0.717) is 19.5 Å². The van der Waals surface area contributed by atoms with Crippen molar-refractivity contribution >= 4 is 18.3 Å². The zero-order valence-corrected chi connectivity index (χ0v) is 12.1. The van der Waals surface area contributed by atoms with Crippen LogP contribution in [0.4, 0.5) is 8.78 Å². The highest BCUT2D eigenvalue weighted by Crippen LogP contribution is 2.28. The van der Waals surface area contributed by atoms with Crippen LogP contribution in [0.5, 0.6) is 5.75 Å². The van der Waals surface area contributed by atoms with Crippen LogP contribution in [-0.2, 0) is 17.8 Å². The summed E-state index contributed by atoms with van der Waals surface area (Å²) in [5, 5.41) is 12.1. The first-order valence-electron chi connectivity index (χ1n) is 6.65. The molecule has 0 saturated carbocycles. The van der Waals surface area contributed by atoms with E-state index < -0.39 is 24.9 Å². The fraction of sp³-hybridized carbons (Fsp3) is 0.500. The van der Waals surface area contributed by atoms with Crippen molar-refractivity contribution in [3.63, 3.8) is 0 Å². The molecule has 21 heavy (non-hydrogen) atoms. The molecule has 1 atom stereocenters. The summed E-state index contributed by atoms with van der Waals surface area (Å²) >= 11 is 0. The summed E-state index contributed by atoms with van der Waals surface area (Å²) in [6.07, 6.45) is 0.250. The van der Waals surface area contributed by atoms with Crippen molar-refractivity contribution in [2.24, 2.45) is 0 Å². The van der Waals surface area contributed by atoms with E-state index in [9.17, 15) is 18.7 Å². The maximum absolute atomic E-state index is 13.1. The van der Waals surface area contributed by atoms with Crippen molar-refractivity contribution in [2.75, 3.05) is 13.1 Å². The van der Waals surface area contributed by atoms with Crippen molar-refractivity contribution < 1.29 is 18.7 Å². The molecule has 0 aromatic heterocycles. The summed E-state index contributed by atoms with van der Waals surface area (Å²) in [5.41, 5.74) is 1.98. The largest absolute Gasteiger partial charge is 0.508 e. The number of phenolic OH excluding ortho intramolecular Hbond substituents is 1. The summed E-state index contributed by atoms with van der Waals surface area (Å²) < 4.78 is 26.3. The second kappa shape index (κ2) is 5.77. The number of carbonyl (C=O) groups excluding carboxylic acids is 1. The van der Waals surface area contributed by atoms with E-state index in [-0.39, 0.29) is 24.1 Å². The fourth-order valence-electron chi connectivity index (χ4n) is 2.84. The van der Waals surface area contributed by atoms with Crippen LogP contribution in [0.3, 0.4) is 0 Å². The smallest absolute Gasteiger partial charge is 0.262 e. The fourth-order valence-corrected chi connectivity index (χ4v) is 2.84. The van der Waals surface area contributed by atoms with Crippen LogP contribution in [0, 0.1) is 0 Å². The lowest BCUT2D eigenvalue weighted by atomic mass is 9.98. The predicted octanol–water partition coefficient (Wildman–Crippen LogP) is 1.70. The maximum atomic E-state index is 13.1. The molecule has 1 aromatic carbocycles. The lowest BCUT2D eigenvalue weighted by molar-refractivity contribution is -0.134. The van der Waals surface area contributed by atoms with Crippen molar-refractivity contribution in [1.82, 2.24) is 10.2 Å². The number of amides is 1. The molecule has 1 aromatic rings. The number of benzene rings is 1. The highest BCUT2D eigenvalue weighted by molar-refractivity contribution is 5.85. The van der Waals surface area contributed by atoms with Crippen LogP contribution in [-0.4, -0.2) is 41.0 Å². The molecule has 0 aliphatic carbocycles. The lowest BCUT2D eigenvalue weighted by Gasteiger charge is -2.30. The molecule has 1 amide bonds. The average Bonchev–Trinajstić information content (AvgIpc) is 2.77. The first-order valence-corrected chi connectivity index (χ1v) is 6.65. The van der Waals surface area contributed by atoms with Gasteiger partial charge in [-0.05, 0) is 29.7 Å². The third kappa shape index (κ3) is 3.27. The highest BCUT2D eigenvalue weighted by Gasteiger charge is 2.43. The van der Waals surface area contributed by atoms with Crippen LogP contribution in [0.25, 0.3) is 0 Å². The predicted molar refractivity (Wildman–Crippen MR) is 75.8 cm³/mol. The molecule has 0 radical (unpaired) electrons. The van der Waals surface area contributed by atoms with Gasteiger partial charge in [0, 0.05) is 19.5 Å². The molecule has 4 nitrogen and oxygen atoms in total. The van der Waals surface area contributed by atoms with Gasteiger partial charge in [0.2, 0.25) is 5.91 Å². The second-order valence-electron chi connectivity index (χ2n) is 5.46. The molecule has 0 spiro atoms. The average molecular weight is 319 g/mol. The molecule has 2 N–H and O–H groups in total. The number of hydrogen-bond donors (Lipinski definition) is 2. The van der Waals surface area contributed by atoms with Gasteiger partial charge in [-0.15, -0.1) is 12.4 Å². The van der Waals surface area contributed by atoms with E-state index in [1.165, 1.54) is 0 Å². The number of carbonyl (C=O) groups is 1. The Labute approximate surface area is 127 Å². The Morgan fingerprint density at radius 3 is 2.81 bits per heavy atom. The van der Waals surface area contributed by atoms with E-state index in [0.717, 1.165) is 11.1 Å². The van der Waals surface area contributed by atoms with Crippen LogP contribution < -0.4 is 5.32 Å². The van der Waals surface area contributed by atoms with Crippen LogP contribution in [0.15, 0.2) is 18.2 Å². The first-order chi connectivity index (χ1) is 9.44. The molecule has 116 valence electrons. The highest BCUT2D eigenvalue weighted by atomic mass is 35.5. The Morgan fingerprint density at radius 2 is 2.14 bits per heavy atom. The molecule has 1 fully saturated rings. The SMILES string of the molecule is Cl.O=C(C1CC(F)(F)CN1)N1CCc2ccc(O)cc2C1. The van der Waals surface area contributed by atoms with E-state index >= 15 is 0 Å². The molecule has 0 bridgehead atoms. The molecule has 3 rings (SSSR count). The zero-order valence-electron chi connectivity index (χ0n) is 11.3. The molecule has 2 aliphatic rings. The number of fused-ring (bicyclic) bond motifs is 1. The number of halogens is 3. The zero-order chi connectivity index (χ0) is 14.3. The van der Waals surface area contributed by atoms with Gasteiger partial charge in [0.05, 0.1) is 12.6 Å². The van der Waals surface area contributed by atoms with Crippen molar-refractivity contribution in [3.05, 3.63) is 29.3 Å². The van der Waals surface area contributed by atoms with Crippen molar-refractivity contribution in [3.8, 4) is 5.75 Å². The number of hydrogen-bond acceptors (Lipinski definition) is 3. The Morgan fingerprint density at radius 1 is 1.38 bits per heavy atom. The van der Waals surface area contributed by atoms with Crippen molar-refractivity contribution in [1.29, 1.82) is 0 Å². The van der Waals surface area contributed by atoms with E-state index in [1.54, 1.807) is 17.0 Å². The quantitative estimate of drug-likeness (QED) is 0.828. The van der Waals surface area contributed by atoms with Crippen LogP contribution in [0.2, 0.25) is 0 Å². The summed E-state index contributed by atoms with van der Waals surface area (Å²) in [7, 11) is 0. The number of rotatable bonds is 1. The normalized spacial score (nSPS) is 23.3. The van der Waals surface area contributed by atoms with Gasteiger partial charge in [0.15, 0.2) is 0 Å². The standard InChI is InChI=1S/C14H16F2N2O2.ClH/c15-14(16)6-12(17-8-14)13(20)18-4-3-9-1-2-11(19)5-10(9)7-18;/h1-2,5,12,17,19H,3-4,6-8H2;1H. The molecular formula is C14H17ClF2N2O2. The number of alkyl halides is 2. The third-order valence-electron chi connectivity index (χ3n) is 3.92. The molecule has 2 heterocycles. The molecule has 1 unspecified atom stereocenters. The minimum Gasteiger partial charge on any atom is -0.508 e. The van der Waals surface area contributed by atoms with Crippen LogP contribution in [0.1, 0.15) is 17.5 Å². The van der Waals surface area contributed by atoms with Gasteiger partial charge in [-0.25, -0.2) is 8.78 Å². The molecule has 1 saturated heterocycles. The van der Waals surface area contributed by atoms with Gasteiger partial charge < -0.3 is 10.0 Å². The first kappa shape index (κ1) is 16.0. The maximum Gasteiger partial charge on any atom is 0.262 e. The van der Waals surface area contributed by atoms with Gasteiger partial charge >= 0.3 is 0 Å². The lowest BCUT2D eigenvalue weighted by Crippen LogP contribution is -2.45. The molecular weight excluding hydrogens is 302 g/mol. The summed E-state index contributed by atoms with van der Waals surface area (Å²) in [4.78, 5) is 13.8. The van der Waals surface area contributed by atoms with E-state index in [4.69, 9.17) is 0 Å². The van der Waals surface area contributed by atoms with Gasteiger partial charge in [0.1, 0.15) is 5.75 Å². The molecule has 7 heteroatoms. The van der Waals surface area contributed by atoms with E-state index in [2.05, 4.69) is 5.32 Å². The van der Waals surface area contributed by atoms with Crippen LogP contribution >= 0.6 is 12.4 Å². The summed E-state index contributed by atoms with van der Waals surface area (Å²) in [6, 6.07) is 4.29. The molecule has 2 aliphatic heterocycles. The number of nitrogens with one attached hydrogen (secondary N) is 1. The summed E-state index contributed by atoms with van der Waals surface area (Å²) in [5.74, 6) is -2.92. The Balaban J connectivity index is 0.00000161. The van der Waals surface area contributed by atoms with Gasteiger partial charge in [-0.1, -0.05) is 6.07 Å². The Bertz CT molecular complexity index is 554. The van der Waals surface area contributed by atoms with E-state index in [1.807, 2.05) is 6.07 Å². The Kier molecular flexibility index (Phi) is 4.39. The minimum atomic E-state index is -2.80. The van der Waals surface area contributed by atoms with Gasteiger partial charge in [-0.3, -0.25) is 10.1 Å². The summed E-state index contributed by atoms with van der Waals surface area (Å²) in [6.45, 7) is 0.460. The third-order valence-corrected chi connectivity index (χ3v) is 3.92. The van der Waals surface area contributed by atoms with Gasteiger partial charge in [0.25, 0.3) is 5.92 Å².